The molecule has 1 atom stereocenters. The molecule has 1 aromatic carbocycles. The number of aliphatic hydroxyl groups is 1. The summed E-state index contributed by atoms with van der Waals surface area (Å²) in [5.41, 5.74) is 1.19. The predicted octanol–water partition coefficient (Wildman–Crippen LogP) is 2.70. The van der Waals surface area contributed by atoms with Crippen molar-refractivity contribution in [2.45, 2.75) is 51.0 Å². The highest BCUT2D eigenvalue weighted by atomic mass is 16.3. The molecule has 1 amide bonds. The molecule has 1 N–H and O–H groups in total. The van der Waals surface area contributed by atoms with Crippen LogP contribution in [0.15, 0.2) is 30.3 Å². The van der Waals surface area contributed by atoms with Crippen LogP contribution in [-0.2, 0) is 11.2 Å². The van der Waals surface area contributed by atoms with Crippen LogP contribution in [-0.4, -0.2) is 59.6 Å². The first-order valence-electron chi connectivity index (χ1n) is 9.94. The maximum absolute atomic E-state index is 12.6. The van der Waals surface area contributed by atoms with Crippen LogP contribution < -0.4 is 0 Å². The molecule has 2 aliphatic heterocycles. The van der Waals surface area contributed by atoms with Crippen LogP contribution in [0.3, 0.4) is 0 Å². The number of carbonyl (C=O) groups excluding carboxylic acids is 1. The summed E-state index contributed by atoms with van der Waals surface area (Å²) in [6.07, 6.45) is 7.30. The molecule has 0 radical (unpaired) electrons. The third-order valence-corrected chi connectivity index (χ3v) is 5.78. The summed E-state index contributed by atoms with van der Waals surface area (Å²) >= 11 is 0. The zero-order valence-corrected chi connectivity index (χ0v) is 15.3. The molecule has 25 heavy (non-hydrogen) atoms. The van der Waals surface area contributed by atoms with Crippen molar-refractivity contribution in [2.75, 3.05) is 32.7 Å². The van der Waals surface area contributed by atoms with Crippen molar-refractivity contribution >= 4 is 5.91 Å². The lowest BCUT2D eigenvalue weighted by Crippen LogP contribution is -2.46. The number of likely N-dealkylation sites (tertiary alicyclic amines) is 2. The van der Waals surface area contributed by atoms with Gasteiger partial charge in [-0.05, 0) is 56.7 Å². The predicted molar refractivity (Wildman–Crippen MR) is 100 cm³/mol. The van der Waals surface area contributed by atoms with Crippen molar-refractivity contribution in [3.8, 4) is 0 Å². The van der Waals surface area contributed by atoms with Gasteiger partial charge in [0.2, 0.25) is 5.91 Å². The number of piperidine rings is 1. The van der Waals surface area contributed by atoms with E-state index >= 15 is 0 Å². The Morgan fingerprint density at radius 3 is 2.28 bits per heavy atom. The number of hydrogen-bond donors (Lipinski definition) is 1. The minimum atomic E-state index is -0.301. The van der Waals surface area contributed by atoms with E-state index in [-0.39, 0.29) is 12.0 Å². The van der Waals surface area contributed by atoms with Gasteiger partial charge in [-0.25, -0.2) is 0 Å². The summed E-state index contributed by atoms with van der Waals surface area (Å²) in [7, 11) is 0. The van der Waals surface area contributed by atoms with Crippen molar-refractivity contribution in [3.63, 3.8) is 0 Å². The lowest BCUT2D eigenvalue weighted by molar-refractivity contribution is -0.134. The highest BCUT2D eigenvalue weighted by Crippen LogP contribution is 2.23. The van der Waals surface area contributed by atoms with E-state index in [1.807, 2.05) is 23.1 Å². The van der Waals surface area contributed by atoms with Crippen LogP contribution in [0.5, 0.6) is 0 Å². The van der Waals surface area contributed by atoms with Crippen LogP contribution in [0, 0.1) is 5.92 Å². The molecule has 0 aromatic heterocycles. The second-order valence-electron chi connectivity index (χ2n) is 7.67. The third kappa shape index (κ3) is 5.55. The molecule has 3 rings (SSSR count). The second-order valence-corrected chi connectivity index (χ2v) is 7.67. The molecule has 4 nitrogen and oxygen atoms in total. The fraction of sp³-hybridized carbons (Fsp3) is 0.667. The molecule has 2 aliphatic rings. The Hall–Kier alpha value is -1.39. The molecular weight excluding hydrogens is 312 g/mol. The van der Waals surface area contributed by atoms with Gasteiger partial charge in [0.1, 0.15) is 0 Å². The largest absolute Gasteiger partial charge is 0.392 e. The topological polar surface area (TPSA) is 43.8 Å². The lowest BCUT2D eigenvalue weighted by Gasteiger charge is -2.35. The van der Waals surface area contributed by atoms with E-state index in [9.17, 15) is 9.90 Å². The van der Waals surface area contributed by atoms with E-state index in [1.165, 1.54) is 31.2 Å². The third-order valence-electron chi connectivity index (χ3n) is 5.78. The molecule has 0 saturated carbocycles. The summed E-state index contributed by atoms with van der Waals surface area (Å²) in [6, 6.07) is 10.2. The Bertz CT molecular complexity index is 518. The van der Waals surface area contributed by atoms with Crippen molar-refractivity contribution in [1.82, 2.24) is 9.80 Å². The van der Waals surface area contributed by atoms with Gasteiger partial charge in [0, 0.05) is 13.1 Å². The van der Waals surface area contributed by atoms with Crippen molar-refractivity contribution in [2.24, 2.45) is 5.92 Å². The number of nitrogens with zero attached hydrogens (tertiary/aromatic N) is 2. The second kappa shape index (κ2) is 9.35. The fourth-order valence-electron chi connectivity index (χ4n) is 4.14. The molecule has 2 heterocycles. The Morgan fingerprint density at radius 2 is 1.64 bits per heavy atom. The molecule has 0 aliphatic carbocycles. The van der Waals surface area contributed by atoms with Crippen molar-refractivity contribution in [1.29, 1.82) is 0 Å². The average Bonchev–Trinajstić information content (AvgIpc) is 2.91. The Labute approximate surface area is 151 Å². The van der Waals surface area contributed by atoms with Crippen molar-refractivity contribution in [3.05, 3.63) is 35.9 Å². The fourth-order valence-corrected chi connectivity index (χ4v) is 4.14. The number of aliphatic hydroxyl groups excluding tert-OH is 1. The van der Waals surface area contributed by atoms with Crippen LogP contribution in [0.2, 0.25) is 0 Å². The zero-order chi connectivity index (χ0) is 17.5. The SMILES string of the molecule is O=C(CN1CCCCCC1)N1CCC(C(O)Cc2ccccc2)CC1. The molecule has 4 heteroatoms. The van der Waals surface area contributed by atoms with E-state index in [1.54, 1.807) is 0 Å². The van der Waals surface area contributed by atoms with E-state index in [0.29, 0.717) is 18.9 Å². The van der Waals surface area contributed by atoms with Gasteiger partial charge in [-0.2, -0.15) is 0 Å². The zero-order valence-electron chi connectivity index (χ0n) is 15.3. The summed E-state index contributed by atoms with van der Waals surface area (Å²) < 4.78 is 0. The summed E-state index contributed by atoms with van der Waals surface area (Å²) in [4.78, 5) is 16.9. The summed E-state index contributed by atoms with van der Waals surface area (Å²) in [6.45, 7) is 4.31. The highest BCUT2D eigenvalue weighted by molar-refractivity contribution is 5.78. The molecular formula is C21H32N2O2. The van der Waals surface area contributed by atoms with Gasteiger partial charge < -0.3 is 10.0 Å². The molecule has 0 bridgehead atoms. The molecule has 2 saturated heterocycles. The minimum Gasteiger partial charge on any atom is -0.392 e. The van der Waals surface area contributed by atoms with Crippen LogP contribution in [0.1, 0.15) is 44.1 Å². The quantitative estimate of drug-likeness (QED) is 0.893. The monoisotopic (exact) mass is 344 g/mol. The van der Waals surface area contributed by atoms with E-state index in [2.05, 4.69) is 17.0 Å². The molecule has 2 fully saturated rings. The molecule has 1 unspecified atom stereocenters. The number of hydrogen-bond acceptors (Lipinski definition) is 3. The van der Waals surface area contributed by atoms with E-state index in [0.717, 1.165) is 39.0 Å². The highest BCUT2D eigenvalue weighted by Gasteiger charge is 2.28. The number of rotatable bonds is 5. The van der Waals surface area contributed by atoms with Gasteiger partial charge in [0.25, 0.3) is 0 Å². The number of amides is 1. The van der Waals surface area contributed by atoms with E-state index < -0.39 is 0 Å². The Morgan fingerprint density at radius 1 is 1.00 bits per heavy atom. The smallest absolute Gasteiger partial charge is 0.236 e. The first-order valence-corrected chi connectivity index (χ1v) is 9.94. The Balaban J connectivity index is 1.42. The Kier molecular flexibility index (Phi) is 6.88. The molecule has 138 valence electrons. The van der Waals surface area contributed by atoms with Crippen LogP contribution in [0.4, 0.5) is 0 Å². The van der Waals surface area contributed by atoms with Gasteiger partial charge in [-0.3, -0.25) is 9.69 Å². The lowest BCUT2D eigenvalue weighted by atomic mass is 9.88. The van der Waals surface area contributed by atoms with Crippen LogP contribution >= 0.6 is 0 Å². The minimum absolute atomic E-state index is 0.276. The average molecular weight is 344 g/mol. The van der Waals surface area contributed by atoms with Gasteiger partial charge in [-0.1, -0.05) is 43.2 Å². The molecule has 1 aromatic rings. The van der Waals surface area contributed by atoms with Gasteiger partial charge in [0.05, 0.1) is 12.6 Å². The summed E-state index contributed by atoms with van der Waals surface area (Å²) in [5, 5.41) is 10.5. The standard InChI is InChI=1S/C21H32N2O2/c24-20(16-18-8-4-3-5-9-18)19-10-14-23(15-11-19)21(25)17-22-12-6-1-2-7-13-22/h3-5,8-9,19-20,24H,1-2,6-7,10-17H2. The maximum atomic E-state index is 12.6. The van der Waals surface area contributed by atoms with Crippen molar-refractivity contribution < 1.29 is 9.90 Å². The van der Waals surface area contributed by atoms with E-state index in [4.69, 9.17) is 0 Å². The first kappa shape index (κ1) is 18.4. The molecule has 0 spiro atoms. The van der Waals surface area contributed by atoms with Crippen LogP contribution in [0.25, 0.3) is 0 Å². The normalized spacial score (nSPS) is 21.7. The number of carbonyl (C=O) groups is 1. The van der Waals surface area contributed by atoms with Gasteiger partial charge >= 0.3 is 0 Å². The van der Waals surface area contributed by atoms with Gasteiger partial charge in [-0.15, -0.1) is 0 Å². The van der Waals surface area contributed by atoms with Gasteiger partial charge in [0.15, 0.2) is 0 Å². The summed E-state index contributed by atoms with van der Waals surface area (Å²) in [5.74, 6) is 0.584. The number of benzene rings is 1. The first-order chi connectivity index (χ1) is 12.2. The maximum Gasteiger partial charge on any atom is 0.236 e.